The minimum absolute atomic E-state index is 0.0222. The molecular formula is C25H34F3N3O6. The molecule has 1 aromatic rings. The number of hydrogen-bond acceptors (Lipinski definition) is 6. The lowest BCUT2D eigenvalue weighted by molar-refractivity contribution is -0.148. The zero-order chi connectivity index (χ0) is 27.0. The molecule has 2 heterocycles. The number of hydrogen-bond donors (Lipinski definition) is 1. The highest BCUT2D eigenvalue weighted by Crippen LogP contribution is 2.38. The normalized spacial score (nSPS) is 20.9. The monoisotopic (exact) mass is 529 g/mol. The fourth-order valence-electron chi connectivity index (χ4n) is 4.57. The molecule has 9 nitrogen and oxygen atoms in total. The third kappa shape index (κ3) is 7.98. The summed E-state index contributed by atoms with van der Waals surface area (Å²) in [4.78, 5) is 41.2. The van der Waals surface area contributed by atoms with Gasteiger partial charge in [-0.05, 0) is 31.0 Å². The van der Waals surface area contributed by atoms with E-state index >= 15 is 0 Å². The largest absolute Gasteiger partial charge is 0.493 e. The first-order valence-corrected chi connectivity index (χ1v) is 12.4. The molecule has 0 aliphatic carbocycles. The Bertz CT molecular complexity index is 958. The van der Waals surface area contributed by atoms with Gasteiger partial charge < -0.3 is 29.3 Å². The molecule has 0 spiro atoms. The van der Waals surface area contributed by atoms with Crippen LogP contribution in [0.1, 0.15) is 37.7 Å². The highest BCUT2D eigenvalue weighted by molar-refractivity contribution is 5.83. The van der Waals surface area contributed by atoms with E-state index in [2.05, 4.69) is 5.32 Å². The summed E-state index contributed by atoms with van der Waals surface area (Å²) >= 11 is 0. The van der Waals surface area contributed by atoms with Gasteiger partial charge in [0.2, 0.25) is 17.7 Å². The van der Waals surface area contributed by atoms with E-state index < -0.39 is 36.8 Å². The van der Waals surface area contributed by atoms with Crippen molar-refractivity contribution < 1.29 is 41.8 Å². The average Bonchev–Trinajstić information content (AvgIpc) is 3.32. The maximum absolute atomic E-state index is 13.1. The van der Waals surface area contributed by atoms with Gasteiger partial charge in [-0.3, -0.25) is 14.4 Å². The Hall–Kier alpha value is -3.02. The number of fused-ring (bicyclic) bond motifs is 4. The predicted octanol–water partition coefficient (Wildman–Crippen LogP) is 2.34. The van der Waals surface area contributed by atoms with Gasteiger partial charge in [0, 0.05) is 45.1 Å². The molecule has 206 valence electrons. The Balaban J connectivity index is 1.83. The van der Waals surface area contributed by atoms with Gasteiger partial charge in [0.1, 0.15) is 13.2 Å². The standard InChI is InChI=1S/C25H34F3N3O6/c1-3-36-16-23(33)30-10-4-9-29-24(34)19-15-31(22(32)7-8-25(26,27)28)14-18(19)17-5-6-20(35-2)21(13-17)37-12-11-30/h5-6,13,18-19H,3-4,7-12,14-16H2,1-2H3,(H,29,34)/t18-,19+/m1/s1. The van der Waals surface area contributed by atoms with E-state index in [0.29, 0.717) is 49.7 Å². The van der Waals surface area contributed by atoms with Gasteiger partial charge >= 0.3 is 6.18 Å². The second kappa shape index (κ2) is 13.0. The maximum atomic E-state index is 13.1. The van der Waals surface area contributed by atoms with Crippen LogP contribution in [0, 0.1) is 5.92 Å². The number of nitrogens with one attached hydrogen (secondary N) is 1. The van der Waals surface area contributed by atoms with E-state index in [1.807, 2.05) is 0 Å². The van der Waals surface area contributed by atoms with Crippen LogP contribution in [0.3, 0.4) is 0 Å². The van der Waals surface area contributed by atoms with Crippen molar-refractivity contribution >= 4 is 17.7 Å². The van der Waals surface area contributed by atoms with Gasteiger partial charge in [-0.1, -0.05) is 6.07 Å². The molecule has 2 atom stereocenters. The Labute approximate surface area is 214 Å². The number of ether oxygens (including phenoxy) is 3. The van der Waals surface area contributed by atoms with Crippen LogP contribution in [0.4, 0.5) is 13.2 Å². The van der Waals surface area contributed by atoms with Crippen molar-refractivity contribution in [3.05, 3.63) is 23.8 Å². The third-order valence-corrected chi connectivity index (χ3v) is 6.55. The molecule has 1 fully saturated rings. The summed E-state index contributed by atoms with van der Waals surface area (Å²) in [5, 5.41) is 2.87. The van der Waals surface area contributed by atoms with Gasteiger partial charge in [0.15, 0.2) is 11.5 Å². The number of alkyl halides is 3. The Morgan fingerprint density at radius 3 is 2.59 bits per heavy atom. The third-order valence-electron chi connectivity index (χ3n) is 6.55. The number of halogens is 3. The lowest BCUT2D eigenvalue weighted by Gasteiger charge is -2.25. The van der Waals surface area contributed by atoms with Crippen LogP contribution in [0.5, 0.6) is 11.5 Å². The molecular weight excluding hydrogens is 495 g/mol. The van der Waals surface area contributed by atoms with Gasteiger partial charge in [-0.15, -0.1) is 0 Å². The van der Waals surface area contributed by atoms with E-state index in [9.17, 15) is 27.6 Å². The van der Waals surface area contributed by atoms with E-state index in [1.165, 1.54) is 12.0 Å². The Morgan fingerprint density at radius 1 is 1.14 bits per heavy atom. The molecule has 2 bridgehead atoms. The SMILES string of the molecule is CCOCC(=O)N1CCCNC(=O)[C@H]2CN(C(=O)CCC(F)(F)F)C[C@@H]2c2ccc(OC)c(c2)OCC1. The number of methoxy groups -OCH3 is 1. The quantitative estimate of drug-likeness (QED) is 0.608. The second-order valence-corrected chi connectivity index (χ2v) is 9.05. The number of carbonyl (C=O) groups is 3. The summed E-state index contributed by atoms with van der Waals surface area (Å²) in [5.41, 5.74) is 0.711. The zero-order valence-electron chi connectivity index (χ0n) is 21.1. The zero-order valence-corrected chi connectivity index (χ0v) is 21.1. The predicted molar refractivity (Wildman–Crippen MR) is 127 cm³/mol. The highest BCUT2D eigenvalue weighted by Gasteiger charge is 2.41. The van der Waals surface area contributed by atoms with Crippen molar-refractivity contribution in [2.45, 2.75) is 38.3 Å². The van der Waals surface area contributed by atoms with E-state index in [0.717, 1.165) is 0 Å². The average molecular weight is 530 g/mol. The number of likely N-dealkylation sites (tertiary alicyclic amines) is 1. The minimum atomic E-state index is -4.43. The molecule has 2 aliphatic heterocycles. The summed E-state index contributed by atoms with van der Waals surface area (Å²) in [5.74, 6) is -1.31. The van der Waals surface area contributed by atoms with E-state index in [-0.39, 0.29) is 38.1 Å². The molecule has 2 aliphatic rings. The fourth-order valence-corrected chi connectivity index (χ4v) is 4.57. The van der Waals surface area contributed by atoms with Crippen molar-refractivity contribution in [3.63, 3.8) is 0 Å². The summed E-state index contributed by atoms with van der Waals surface area (Å²) in [7, 11) is 1.49. The van der Waals surface area contributed by atoms with Crippen molar-refractivity contribution in [3.8, 4) is 11.5 Å². The molecule has 12 heteroatoms. The number of benzene rings is 1. The van der Waals surface area contributed by atoms with Gasteiger partial charge in [0.25, 0.3) is 0 Å². The molecule has 0 aromatic heterocycles. The Morgan fingerprint density at radius 2 is 1.89 bits per heavy atom. The summed E-state index contributed by atoms with van der Waals surface area (Å²) in [6, 6.07) is 5.19. The lowest BCUT2D eigenvalue weighted by Crippen LogP contribution is -2.40. The van der Waals surface area contributed by atoms with Crippen LogP contribution in [0.25, 0.3) is 0 Å². The number of carbonyl (C=O) groups excluding carboxylic acids is 3. The number of amides is 3. The first-order chi connectivity index (χ1) is 17.6. The molecule has 3 rings (SSSR count). The van der Waals surface area contributed by atoms with E-state index in [4.69, 9.17) is 14.2 Å². The molecule has 1 aromatic carbocycles. The lowest BCUT2D eigenvalue weighted by atomic mass is 9.88. The van der Waals surface area contributed by atoms with Crippen LogP contribution < -0.4 is 14.8 Å². The van der Waals surface area contributed by atoms with Gasteiger partial charge in [0.05, 0.1) is 26.0 Å². The number of rotatable bonds is 6. The van der Waals surface area contributed by atoms with Crippen LogP contribution in [0.2, 0.25) is 0 Å². The van der Waals surface area contributed by atoms with Crippen LogP contribution >= 0.6 is 0 Å². The van der Waals surface area contributed by atoms with Crippen molar-refractivity contribution in [1.29, 1.82) is 0 Å². The second-order valence-electron chi connectivity index (χ2n) is 9.05. The fraction of sp³-hybridized carbons (Fsp3) is 0.640. The van der Waals surface area contributed by atoms with Gasteiger partial charge in [-0.25, -0.2) is 0 Å². The van der Waals surface area contributed by atoms with Crippen molar-refractivity contribution in [2.75, 3.05) is 59.7 Å². The van der Waals surface area contributed by atoms with Gasteiger partial charge in [-0.2, -0.15) is 13.2 Å². The highest BCUT2D eigenvalue weighted by atomic mass is 19.4. The van der Waals surface area contributed by atoms with Crippen LogP contribution in [-0.4, -0.2) is 93.4 Å². The first kappa shape index (κ1) is 28.5. The van der Waals surface area contributed by atoms with Crippen molar-refractivity contribution in [2.24, 2.45) is 5.92 Å². The maximum Gasteiger partial charge on any atom is 0.389 e. The molecule has 0 radical (unpaired) electrons. The molecule has 1 N–H and O–H groups in total. The van der Waals surface area contributed by atoms with Crippen molar-refractivity contribution in [1.82, 2.24) is 15.1 Å². The smallest absolute Gasteiger partial charge is 0.389 e. The molecule has 3 amide bonds. The topological polar surface area (TPSA) is 97.4 Å². The van der Waals surface area contributed by atoms with Crippen LogP contribution in [0.15, 0.2) is 18.2 Å². The summed E-state index contributed by atoms with van der Waals surface area (Å²) in [6.45, 7) is 3.49. The van der Waals surface area contributed by atoms with E-state index in [1.54, 1.807) is 30.0 Å². The molecule has 0 saturated carbocycles. The molecule has 37 heavy (non-hydrogen) atoms. The molecule has 1 saturated heterocycles. The minimum Gasteiger partial charge on any atom is -0.493 e. The Kier molecular flexibility index (Phi) is 10.0. The summed E-state index contributed by atoms with van der Waals surface area (Å²) in [6.07, 6.45) is -5.81. The number of nitrogens with zero attached hydrogens (tertiary/aromatic N) is 2. The van der Waals surface area contributed by atoms with Crippen LogP contribution in [-0.2, 0) is 19.1 Å². The summed E-state index contributed by atoms with van der Waals surface area (Å²) < 4.78 is 54.6. The molecule has 0 unspecified atom stereocenters. The first-order valence-electron chi connectivity index (χ1n) is 12.4.